The van der Waals surface area contributed by atoms with Crippen LogP contribution in [0.1, 0.15) is 58.8 Å². The minimum absolute atomic E-state index is 0.117. The largest absolute Gasteiger partial charge is 0.375 e. The standard InChI is InChI=1S/C15H29NOS/c1-4-15(2)11-13(9-10-17-15)16-12-5-7-14(18-3)8-6-12/h12-14,16H,4-11H2,1-3H3. The summed E-state index contributed by atoms with van der Waals surface area (Å²) in [5.41, 5.74) is 0.117. The van der Waals surface area contributed by atoms with E-state index >= 15 is 0 Å². The van der Waals surface area contributed by atoms with Gasteiger partial charge in [0.2, 0.25) is 0 Å². The third-order valence-corrected chi connectivity index (χ3v) is 5.96. The lowest BCUT2D eigenvalue weighted by Gasteiger charge is -2.40. The van der Waals surface area contributed by atoms with Gasteiger partial charge in [-0.2, -0.15) is 11.8 Å². The van der Waals surface area contributed by atoms with Crippen LogP contribution in [0.25, 0.3) is 0 Å². The Bertz CT molecular complexity index is 253. The first-order chi connectivity index (χ1) is 8.65. The first-order valence-corrected chi connectivity index (χ1v) is 8.87. The van der Waals surface area contributed by atoms with Crippen LogP contribution in [0.5, 0.6) is 0 Å². The Hall–Kier alpha value is 0.270. The molecule has 2 fully saturated rings. The fraction of sp³-hybridized carbons (Fsp3) is 1.00. The molecule has 0 radical (unpaired) electrons. The molecule has 0 aromatic carbocycles. The van der Waals surface area contributed by atoms with E-state index in [1.165, 1.54) is 38.5 Å². The first kappa shape index (κ1) is 14.7. The van der Waals surface area contributed by atoms with Gasteiger partial charge in [0, 0.05) is 23.9 Å². The van der Waals surface area contributed by atoms with E-state index in [1.807, 2.05) is 11.8 Å². The second-order valence-corrected chi connectivity index (χ2v) is 7.36. The molecule has 2 rings (SSSR count). The number of thioether (sulfide) groups is 1. The Morgan fingerprint density at radius 1 is 1.17 bits per heavy atom. The van der Waals surface area contributed by atoms with Crippen LogP contribution in [-0.2, 0) is 4.74 Å². The molecule has 0 amide bonds. The Balaban J connectivity index is 1.76. The van der Waals surface area contributed by atoms with Crippen molar-refractivity contribution in [1.29, 1.82) is 0 Å². The molecule has 106 valence electrons. The smallest absolute Gasteiger partial charge is 0.0666 e. The van der Waals surface area contributed by atoms with Gasteiger partial charge in [0.05, 0.1) is 5.60 Å². The Morgan fingerprint density at radius 3 is 2.50 bits per heavy atom. The lowest BCUT2D eigenvalue weighted by Crippen LogP contribution is -2.49. The van der Waals surface area contributed by atoms with Crippen molar-refractivity contribution in [2.45, 2.75) is 81.7 Å². The second kappa shape index (κ2) is 6.62. The van der Waals surface area contributed by atoms with Crippen LogP contribution in [-0.4, -0.2) is 35.8 Å². The van der Waals surface area contributed by atoms with E-state index in [0.29, 0.717) is 6.04 Å². The third kappa shape index (κ3) is 3.88. The Morgan fingerprint density at radius 2 is 1.89 bits per heavy atom. The van der Waals surface area contributed by atoms with Crippen molar-refractivity contribution < 1.29 is 4.74 Å². The van der Waals surface area contributed by atoms with E-state index in [1.54, 1.807) is 0 Å². The molecule has 0 aromatic rings. The van der Waals surface area contributed by atoms with Crippen molar-refractivity contribution >= 4 is 11.8 Å². The SMILES string of the molecule is CCC1(C)CC(NC2CCC(SC)CC2)CCO1. The van der Waals surface area contributed by atoms with Crippen LogP contribution in [0.3, 0.4) is 0 Å². The highest BCUT2D eigenvalue weighted by Crippen LogP contribution is 2.31. The zero-order valence-corrected chi connectivity index (χ0v) is 13.0. The predicted molar refractivity (Wildman–Crippen MR) is 80.4 cm³/mol. The van der Waals surface area contributed by atoms with E-state index in [9.17, 15) is 0 Å². The van der Waals surface area contributed by atoms with Crippen LogP contribution in [0.4, 0.5) is 0 Å². The van der Waals surface area contributed by atoms with Crippen molar-refractivity contribution in [1.82, 2.24) is 5.32 Å². The highest BCUT2D eigenvalue weighted by Gasteiger charge is 2.33. The molecule has 0 spiro atoms. The highest BCUT2D eigenvalue weighted by molar-refractivity contribution is 7.99. The van der Waals surface area contributed by atoms with Crippen molar-refractivity contribution in [2.75, 3.05) is 12.9 Å². The number of ether oxygens (including phenoxy) is 1. The summed E-state index contributed by atoms with van der Waals surface area (Å²) in [5.74, 6) is 0. The molecule has 1 aliphatic heterocycles. The summed E-state index contributed by atoms with van der Waals surface area (Å²) < 4.78 is 5.93. The summed E-state index contributed by atoms with van der Waals surface area (Å²) in [7, 11) is 0. The van der Waals surface area contributed by atoms with E-state index < -0.39 is 0 Å². The summed E-state index contributed by atoms with van der Waals surface area (Å²) in [6.45, 7) is 5.44. The molecule has 1 N–H and O–H groups in total. The zero-order valence-electron chi connectivity index (χ0n) is 12.2. The van der Waals surface area contributed by atoms with E-state index in [4.69, 9.17) is 4.74 Å². The maximum absolute atomic E-state index is 5.93. The average Bonchev–Trinajstić information content (AvgIpc) is 2.40. The monoisotopic (exact) mass is 271 g/mol. The number of rotatable bonds is 4. The number of nitrogens with one attached hydrogen (secondary N) is 1. The van der Waals surface area contributed by atoms with Gasteiger partial charge in [0.1, 0.15) is 0 Å². The Labute approximate surface area is 117 Å². The topological polar surface area (TPSA) is 21.3 Å². The van der Waals surface area contributed by atoms with Gasteiger partial charge in [0.15, 0.2) is 0 Å². The van der Waals surface area contributed by atoms with Crippen LogP contribution < -0.4 is 5.32 Å². The van der Waals surface area contributed by atoms with Crippen molar-refractivity contribution in [3.63, 3.8) is 0 Å². The zero-order chi connectivity index (χ0) is 13.0. The Kier molecular flexibility index (Phi) is 5.40. The van der Waals surface area contributed by atoms with Crippen LogP contribution in [0.15, 0.2) is 0 Å². The molecule has 2 atom stereocenters. The number of hydrogen-bond acceptors (Lipinski definition) is 3. The highest BCUT2D eigenvalue weighted by atomic mass is 32.2. The molecule has 0 aromatic heterocycles. The fourth-order valence-electron chi connectivity index (χ4n) is 3.32. The molecule has 2 aliphatic rings. The molecule has 1 heterocycles. The van der Waals surface area contributed by atoms with Gasteiger partial charge in [-0.15, -0.1) is 0 Å². The van der Waals surface area contributed by atoms with Crippen molar-refractivity contribution in [3.05, 3.63) is 0 Å². The summed E-state index contributed by atoms with van der Waals surface area (Å²) in [4.78, 5) is 0. The van der Waals surface area contributed by atoms with Gasteiger partial charge in [-0.3, -0.25) is 0 Å². The lowest BCUT2D eigenvalue weighted by atomic mass is 9.88. The van der Waals surface area contributed by atoms with Crippen molar-refractivity contribution in [2.24, 2.45) is 0 Å². The molecule has 18 heavy (non-hydrogen) atoms. The summed E-state index contributed by atoms with van der Waals surface area (Å²) in [6.07, 6.45) is 11.3. The quantitative estimate of drug-likeness (QED) is 0.844. The van der Waals surface area contributed by atoms with E-state index in [2.05, 4.69) is 25.4 Å². The van der Waals surface area contributed by atoms with Crippen LogP contribution in [0.2, 0.25) is 0 Å². The minimum atomic E-state index is 0.117. The normalized spacial score (nSPS) is 41.8. The summed E-state index contributed by atoms with van der Waals surface area (Å²) in [6, 6.07) is 1.44. The summed E-state index contributed by atoms with van der Waals surface area (Å²) in [5, 5.41) is 4.82. The van der Waals surface area contributed by atoms with Gasteiger partial charge in [-0.05, 0) is 58.1 Å². The maximum atomic E-state index is 5.93. The fourth-order valence-corrected chi connectivity index (χ4v) is 4.06. The van der Waals surface area contributed by atoms with Crippen LogP contribution in [0, 0.1) is 0 Å². The van der Waals surface area contributed by atoms with Crippen molar-refractivity contribution in [3.8, 4) is 0 Å². The van der Waals surface area contributed by atoms with Gasteiger partial charge >= 0.3 is 0 Å². The van der Waals surface area contributed by atoms with E-state index in [0.717, 1.165) is 24.3 Å². The summed E-state index contributed by atoms with van der Waals surface area (Å²) >= 11 is 2.05. The average molecular weight is 271 g/mol. The molecule has 0 bridgehead atoms. The predicted octanol–water partition coefficient (Wildman–Crippen LogP) is 3.60. The van der Waals surface area contributed by atoms with Gasteiger partial charge in [-0.25, -0.2) is 0 Å². The number of hydrogen-bond donors (Lipinski definition) is 1. The van der Waals surface area contributed by atoms with Gasteiger partial charge in [-0.1, -0.05) is 6.92 Å². The molecule has 1 saturated heterocycles. The molecule has 2 nitrogen and oxygen atoms in total. The van der Waals surface area contributed by atoms with E-state index in [-0.39, 0.29) is 5.60 Å². The second-order valence-electron chi connectivity index (χ2n) is 6.22. The minimum Gasteiger partial charge on any atom is -0.375 e. The van der Waals surface area contributed by atoms with Crippen LogP contribution >= 0.6 is 11.8 Å². The molecule has 2 unspecified atom stereocenters. The molecule has 3 heteroatoms. The molecule has 1 saturated carbocycles. The van der Waals surface area contributed by atoms with Gasteiger partial charge < -0.3 is 10.1 Å². The lowest BCUT2D eigenvalue weighted by molar-refractivity contribution is -0.0794. The van der Waals surface area contributed by atoms with Gasteiger partial charge in [0.25, 0.3) is 0 Å². The first-order valence-electron chi connectivity index (χ1n) is 7.58. The molecule has 1 aliphatic carbocycles. The third-order valence-electron chi connectivity index (χ3n) is 4.82. The molecular formula is C15H29NOS. The maximum Gasteiger partial charge on any atom is 0.0666 e. The molecular weight excluding hydrogens is 242 g/mol.